The van der Waals surface area contributed by atoms with E-state index in [1.807, 2.05) is 6.92 Å². The second kappa shape index (κ2) is 4.23. The number of pyridine rings is 1. The Balaban J connectivity index is 2.44. The van der Waals surface area contributed by atoms with Crippen LogP contribution in [0.1, 0.15) is 13.0 Å². The van der Waals surface area contributed by atoms with Crippen LogP contribution in [0.5, 0.6) is 0 Å². The summed E-state index contributed by atoms with van der Waals surface area (Å²) in [5.74, 6) is 0.970. The largest absolute Gasteiger partial charge is 0.393 e. The zero-order chi connectivity index (χ0) is 11.5. The Morgan fingerprint density at radius 3 is 3.06 bits per heavy atom. The number of aromatic nitrogens is 5. The number of H-pyrrole nitrogens is 1. The van der Waals surface area contributed by atoms with E-state index in [1.165, 1.54) is 0 Å². The molecule has 0 aliphatic heterocycles. The van der Waals surface area contributed by atoms with Gasteiger partial charge in [0.15, 0.2) is 5.21 Å². The Labute approximate surface area is 91.9 Å². The van der Waals surface area contributed by atoms with Gasteiger partial charge in [-0.25, -0.2) is 4.98 Å². The van der Waals surface area contributed by atoms with Gasteiger partial charge in [-0.2, -0.15) is 4.68 Å². The molecule has 0 saturated carbocycles. The Kier molecular flexibility index (Phi) is 2.78. The number of aliphatic hydroxyl groups is 1. The van der Waals surface area contributed by atoms with Crippen LogP contribution < -0.4 is 10.4 Å². The summed E-state index contributed by atoms with van der Waals surface area (Å²) in [5, 5.41) is 19.4. The minimum absolute atomic E-state index is 0.0101. The van der Waals surface area contributed by atoms with Gasteiger partial charge in [-0.15, -0.1) is 0 Å². The summed E-state index contributed by atoms with van der Waals surface area (Å²) in [6, 6.07) is 5.13. The van der Waals surface area contributed by atoms with Gasteiger partial charge in [0.1, 0.15) is 22.7 Å². The van der Waals surface area contributed by atoms with E-state index in [4.69, 9.17) is 10.8 Å². The number of nitrogens with one attached hydrogen (secondary N) is 1. The Bertz CT molecular complexity index is 482. The molecule has 0 aliphatic carbocycles. The van der Waals surface area contributed by atoms with Crippen molar-refractivity contribution < 1.29 is 9.79 Å². The highest BCUT2D eigenvalue weighted by Crippen LogP contribution is 2.11. The van der Waals surface area contributed by atoms with Gasteiger partial charge >= 0.3 is 5.82 Å². The van der Waals surface area contributed by atoms with E-state index in [0.29, 0.717) is 17.3 Å². The van der Waals surface area contributed by atoms with E-state index in [-0.39, 0.29) is 12.6 Å². The molecule has 2 aromatic heterocycles. The quantitative estimate of drug-likeness (QED) is 0.594. The SMILES string of the molecule is C[C@H](CO)[n+]1[nH]nnc1-c1cccc(N)n1. The van der Waals surface area contributed by atoms with Crippen LogP contribution in [-0.4, -0.2) is 32.2 Å². The van der Waals surface area contributed by atoms with E-state index < -0.39 is 0 Å². The molecule has 7 heteroatoms. The molecule has 0 spiro atoms. The summed E-state index contributed by atoms with van der Waals surface area (Å²) in [6.45, 7) is 1.83. The molecule has 0 saturated heterocycles. The summed E-state index contributed by atoms with van der Waals surface area (Å²) in [6.07, 6.45) is 0. The van der Waals surface area contributed by atoms with Crippen molar-refractivity contribution in [1.82, 2.24) is 20.5 Å². The average Bonchev–Trinajstić information content (AvgIpc) is 2.77. The molecule has 1 atom stereocenters. The van der Waals surface area contributed by atoms with Crippen LogP contribution in [0, 0.1) is 0 Å². The van der Waals surface area contributed by atoms with Gasteiger partial charge in [-0.3, -0.25) is 0 Å². The molecule has 4 N–H and O–H groups in total. The lowest BCUT2D eigenvalue weighted by atomic mass is 10.3. The zero-order valence-corrected chi connectivity index (χ0v) is 8.83. The molecule has 2 heterocycles. The Morgan fingerprint density at radius 1 is 1.56 bits per heavy atom. The smallest absolute Gasteiger partial charge is 0.350 e. The summed E-state index contributed by atoms with van der Waals surface area (Å²) in [7, 11) is 0. The van der Waals surface area contributed by atoms with Gasteiger partial charge < -0.3 is 10.8 Å². The highest BCUT2D eigenvalue weighted by atomic mass is 16.3. The molecule has 2 rings (SSSR count). The van der Waals surface area contributed by atoms with Crippen molar-refractivity contribution in [2.45, 2.75) is 13.0 Å². The first kappa shape index (κ1) is 10.5. The van der Waals surface area contributed by atoms with Crippen LogP contribution in [0.15, 0.2) is 18.2 Å². The van der Waals surface area contributed by atoms with E-state index in [2.05, 4.69) is 20.5 Å². The second-order valence-electron chi connectivity index (χ2n) is 3.47. The molecule has 84 valence electrons. The third-order valence-electron chi connectivity index (χ3n) is 2.23. The molecule has 0 bridgehead atoms. The van der Waals surface area contributed by atoms with E-state index in [9.17, 15) is 0 Å². The fourth-order valence-electron chi connectivity index (χ4n) is 1.35. The number of hydrogen-bond donors (Lipinski definition) is 3. The monoisotopic (exact) mass is 221 g/mol. The van der Waals surface area contributed by atoms with Crippen LogP contribution in [0.2, 0.25) is 0 Å². The number of hydrogen-bond acceptors (Lipinski definition) is 5. The predicted octanol–water partition coefficient (Wildman–Crippen LogP) is -0.710. The van der Waals surface area contributed by atoms with Crippen molar-refractivity contribution in [3.8, 4) is 11.5 Å². The molecule has 0 amide bonds. The maximum absolute atomic E-state index is 9.09. The summed E-state index contributed by atoms with van der Waals surface area (Å²) in [4.78, 5) is 4.15. The molecule has 7 nitrogen and oxygen atoms in total. The first-order valence-electron chi connectivity index (χ1n) is 4.88. The first-order chi connectivity index (χ1) is 7.72. The Hall–Kier alpha value is -2.02. The van der Waals surface area contributed by atoms with Crippen LogP contribution in [-0.2, 0) is 0 Å². The standard InChI is InChI=1S/C9H12N6O/c1-6(5-16)15-9(12-13-14-15)7-3-2-4-8(10)11-7/h2-4,6,16H,5H2,1H3,(H2,10,11)/p+1/t6-/m1/s1. The highest BCUT2D eigenvalue weighted by Gasteiger charge is 2.22. The lowest BCUT2D eigenvalue weighted by Crippen LogP contribution is -2.43. The molecular weight excluding hydrogens is 208 g/mol. The number of tetrazole rings is 1. The number of rotatable bonds is 3. The number of nitrogen functional groups attached to an aromatic ring is 1. The second-order valence-corrected chi connectivity index (χ2v) is 3.47. The molecule has 16 heavy (non-hydrogen) atoms. The summed E-state index contributed by atoms with van der Waals surface area (Å²) >= 11 is 0. The number of aliphatic hydroxyl groups excluding tert-OH is 1. The Morgan fingerprint density at radius 2 is 2.38 bits per heavy atom. The molecule has 0 aliphatic rings. The maximum atomic E-state index is 9.09. The molecule has 0 fully saturated rings. The van der Waals surface area contributed by atoms with Crippen LogP contribution in [0.25, 0.3) is 11.5 Å². The fraction of sp³-hybridized carbons (Fsp3) is 0.333. The van der Waals surface area contributed by atoms with Gasteiger partial charge in [0.2, 0.25) is 0 Å². The third-order valence-corrected chi connectivity index (χ3v) is 2.23. The van der Waals surface area contributed by atoms with Crippen molar-refractivity contribution in [2.24, 2.45) is 0 Å². The first-order valence-corrected chi connectivity index (χ1v) is 4.88. The minimum Gasteiger partial charge on any atom is -0.393 e. The van der Waals surface area contributed by atoms with Gasteiger partial charge in [0.25, 0.3) is 0 Å². The normalized spacial score (nSPS) is 12.6. The van der Waals surface area contributed by atoms with E-state index >= 15 is 0 Å². The van der Waals surface area contributed by atoms with Gasteiger partial charge in [0.05, 0.1) is 6.61 Å². The minimum atomic E-state index is -0.145. The predicted molar refractivity (Wildman–Crippen MR) is 56.0 cm³/mol. The number of nitrogens with two attached hydrogens (primary N) is 1. The molecular formula is C9H13N6O+. The zero-order valence-electron chi connectivity index (χ0n) is 8.83. The number of aromatic amines is 1. The van der Waals surface area contributed by atoms with Crippen molar-refractivity contribution in [3.05, 3.63) is 18.2 Å². The van der Waals surface area contributed by atoms with Crippen LogP contribution in [0.3, 0.4) is 0 Å². The molecule has 2 aromatic rings. The van der Waals surface area contributed by atoms with Gasteiger partial charge in [-0.1, -0.05) is 11.3 Å². The summed E-state index contributed by atoms with van der Waals surface area (Å²) < 4.78 is 1.64. The van der Waals surface area contributed by atoms with Crippen LogP contribution in [0.4, 0.5) is 5.82 Å². The number of nitrogens with zero attached hydrogens (tertiary/aromatic N) is 4. The van der Waals surface area contributed by atoms with Gasteiger partial charge in [-0.05, 0) is 19.1 Å². The van der Waals surface area contributed by atoms with E-state index in [0.717, 1.165) is 0 Å². The maximum Gasteiger partial charge on any atom is 0.350 e. The van der Waals surface area contributed by atoms with Crippen molar-refractivity contribution in [2.75, 3.05) is 12.3 Å². The van der Waals surface area contributed by atoms with Gasteiger partial charge in [0, 0.05) is 0 Å². The number of anilines is 1. The third kappa shape index (κ3) is 1.84. The summed E-state index contributed by atoms with van der Waals surface area (Å²) in [5.41, 5.74) is 6.21. The fourth-order valence-corrected chi connectivity index (χ4v) is 1.35. The van der Waals surface area contributed by atoms with Crippen molar-refractivity contribution in [3.63, 3.8) is 0 Å². The van der Waals surface area contributed by atoms with Crippen molar-refractivity contribution >= 4 is 5.82 Å². The average molecular weight is 221 g/mol. The topological polar surface area (TPSA) is 105 Å². The van der Waals surface area contributed by atoms with E-state index in [1.54, 1.807) is 22.9 Å². The highest BCUT2D eigenvalue weighted by molar-refractivity contribution is 5.48. The lowest BCUT2D eigenvalue weighted by Gasteiger charge is -2.04. The van der Waals surface area contributed by atoms with Crippen LogP contribution >= 0.6 is 0 Å². The molecule has 0 aromatic carbocycles. The molecule has 0 unspecified atom stereocenters. The van der Waals surface area contributed by atoms with Crippen molar-refractivity contribution in [1.29, 1.82) is 0 Å². The molecule has 0 radical (unpaired) electrons. The lowest BCUT2D eigenvalue weighted by molar-refractivity contribution is -0.766.